The van der Waals surface area contributed by atoms with Crippen molar-refractivity contribution < 1.29 is 0 Å². The van der Waals surface area contributed by atoms with Crippen LogP contribution in [0.3, 0.4) is 0 Å². The second-order valence-corrected chi connectivity index (χ2v) is 6.29. The largest absolute Gasteiger partial charge is 0.0625 e. The third kappa shape index (κ3) is 1.42. The van der Waals surface area contributed by atoms with E-state index < -0.39 is 0 Å². The first-order chi connectivity index (χ1) is 6.84. The summed E-state index contributed by atoms with van der Waals surface area (Å²) in [5.41, 5.74) is 0. The van der Waals surface area contributed by atoms with Gasteiger partial charge in [0.25, 0.3) is 0 Å². The van der Waals surface area contributed by atoms with Gasteiger partial charge in [-0.15, -0.1) is 0 Å². The van der Waals surface area contributed by atoms with Gasteiger partial charge in [0, 0.05) is 0 Å². The Bertz CT molecular complexity index is 202. The predicted octanol–water partition coefficient (Wildman–Crippen LogP) is 4.25. The van der Waals surface area contributed by atoms with E-state index in [0.717, 1.165) is 29.6 Å². The molecule has 3 fully saturated rings. The molecule has 0 aliphatic heterocycles. The standard InChI is InChI=1S/C14H24/c1-10-8-12-7-6-11-4-2-3-5-13(11)14(12)9-10/h10-14H,2-9H2,1H3. The van der Waals surface area contributed by atoms with Gasteiger partial charge in [0.15, 0.2) is 0 Å². The Labute approximate surface area is 88.5 Å². The minimum absolute atomic E-state index is 1.05. The van der Waals surface area contributed by atoms with Crippen molar-refractivity contribution in [2.75, 3.05) is 0 Å². The number of hydrogen-bond donors (Lipinski definition) is 0. The van der Waals surface area contributed by atoms with E-state index in [1.807, 2.05) is 0 Å². The number of hydrogen-bond acceptors (Lipinski definition) is 0. The van der Waals surface area contributed by atoms with Crippen molar-refractivity contribution in [3.05, 3.63) is 0 Å². The van der Waals surface area contributed by atoms with Crippen molar-refractivity contribution >= 4 is 0 Å². The molecule has 3 rings (SSSR count). The second kappa shape index (κ2) is 3.54. The van der Waals surface area contributed by atoms with E-state index in [1.54, 1.807) is 44.9 Å². The summed E-state index contributed by atoms with van der Waals surface area (Å²) in [7, 11) is 0. The Morgan fingerprint density at radius 1 is 0.714 bits per heavy atom. The molecule has 0 aromatic rings. The Balaban J connectivity index is 1.76. The second-order valence-electron chi connectivity index (χ2n) is 6.29. The molecule has 3 aliphatic rings. The van der Waals surface area contributed by atoms with Gasteiger partial charge < -0.3 is 0 Å². The van der Waals surface area contributed by atoms with Crippen LogP contribution in [0.4, 0.5) is 0 Å². The van der Waals surface area contributed by atoms with E-state index >= 15 is 0 Å². The summed E-state index contributed by atoms with van der Waals surface area (Å²) >= 11 is 0. The third-order valence-corrected chi connectivity index (χ3v) is 5.41. The maximum Gasteiger partial charge on any atom is -0.0352 e. The van der Waals surface area contributed by atoms with Crippen LogP contribution in [0.5, 0.6) is 0 Å². The first-order valence-corrected chi connectivity index (χ1v) is 6.84. The Morgan fingerprint density at radius 2 is 1.50 bits per heavy atom. The molecule has 0 aromatic heterocycles. The van der Waals surface area contributed by atoms with E-state index in [2.05, 4.69) is 6.92 Å². The molecule has 5 unspecified atom stereocenters. The van der Waals surface area contributed by atoms with Crippen LogP contribution >= 0.6 is 0 Å². The highest BCUT2D eigenvalue weighted by Crippen LogP contribution is 2.53. The fraction of sp³-hybridized carbons (Fsp3) is 1.00. The molecule has 0 saturated heterocycles. The lowest BCUT2D eigenvalue weighted by atomic mass is 9.62. The Hall–Kier alpha value is 0. The molecule has 80 valence electrons. The van der Waals surface area contributed by atoms with Crippen LogP contribution in [0.15, 0.2) is 0 Å². The molecule has 3 saturated carbocycles. The minimum Gasteiger partial charge on any atom is -0.0625 e. The number of rotatable bonds is 0. The molecule has 0 spiro atoms. The highest BCUT2D eigenvalue weighted by atomic mass is 14.5. The van der Waals surface area contributed by atoms with Gasteiger partial charge in [-0.2, -0.15) is 0 Å². The lowest BCUT2D eigenvalue weighted by Gasteiger charge is -2.43. The van der Waals surface area contributed by atoms with Crippen LogP contribution in [0, 0.1) is 29.6 Å². The first-order valence-electron chi connectivity index (χ1n) is 6.84. The van der Waals surface area contributed by atoms with E-state index in [0.29, 0.717) is 0 Å². The van der Waals surface area contributed by atoms with E-state index in [1.165, 1.54) is 6.42 Å². The lowest BCUT2D eigenvalue weighted by molar-refractivity contribution is 0.0726. The maximum atomic E-state index is 2.48. The first kappa shape index (κ1) is 9.24. The zero-order valence-electron chi connectivity index (χ0n) is 9.54. The quantitative estimate of drug-likeness (QED) is 0.538. The monoisotopic (exact) mass is 192 g/mol. The van der Waals surface area contributed by atoms with Crippen molar-refractivity contribution in [3.63, 3.8) is 0 Å². The zero-order valence-corrected chi connectivity index (χ0v) is 9.54. The molecular formula is C14H24. The molecule has 0 heterocycles. The van der Waals surface area contributed by atoms with Crippen molar-refractivity contribution in [3.8, 4) is 0 Å². The Kier molecular flexibility index (Phi) is 2.34. The molecule has 14 heavy (non-hydrogen) atoms. The van der Waals surface area contributed by atoms with Crippen molar-refractivity contribution in [2.24, 2.45) is 29.6 Å². The van der Waals surface area contributed by atoms with Crippen LogP contribution in [-0.2, 0) is 0 Å². The summed E-state index contributed by atoms with van der Waals surface area (Å²) in [6, 6.07) is 0. The summed E-state index contributed by atoms with van der Waals surface area (Å²) in [5, 5.41) is 0. The van der Waals surface area contributed by atoms with Crippen LogP contribution in [0.1, 0.15) is 58.3 Å². The summed E-state index contributed by atoms with van der Waals surface area (Å²) < 4.78 is 0. The molecule has 0 heteroatoms. The van der Waals surface area contributed by atoms with Crippen LogP contribution in [0.25, 0.3) is 0 Å². The fourth-order valence-electron chi connectivity index (χ4n) is 4.89. The van der Waals surface area contributed by atoms with Gasteiger partial charge in [0.05, 0.1) is 0 Å². The average Bonchev–Trinajstić information content (AvgIpc) is 2.59. The predicted molar refractivity (Wildman–Crippen MR) is 60.1 cm³/mol. The molecule has 5 atom stereocenters. The third-order valence-electron chi connectivity index (χ3n) is 5.41. The normalized spacial score (nSPS) is 52.5. The van der Waals surface area contributed by atoms with Crippen LogP contribution in [0.2, 0.25) is 0 Å². The van der Waals surface area contributed by atoms with Gasteiger partial charge in [0.1, 0.15) is 0 Å². The molecule has 0 N–H and O–H groups in total. The van der Waals surface area contributed by atoms with E-state index in [9.17, 15) is 0 Å². The summed E-state index contributed by atoms with van der Waals surface area (Å²) in [6.45, 7) is 2.48. The lowest BCUT2D eigenvalue weighted by Crippen LogP contribution is -2.33. The smallest absolute Gasteiger partial charge is 0.0352 e. The topological polar surface area (TPSA) is 0 Å². The molecule has 0 bridgehead atoms. The van der Waals surface area contributed by atoms with Crippen LogP contribution in [-0.4, -0.2) is 0 Å². The molecule has 0 nitrogen and oxygen atoms in total. The SMILES string of the molecule is CC1CC2CCC3CCCCC3C2C1. The van der Waals surface area contributed by atoms with Gasteiger partial charge in [-0.1, -0.05) is 26.2 Å². The van der Waals surface area contributed by atoms with Gasteiger partial charge in [0.2, 0.25) is 0 Å². The van der Waals surface area contributed by atoms with Crippen LogP contribution < -0.4 is 0 Å². The summed E-state index contributed by atoms with van der Waals surface area (Å²) in [5.74, 6) is 5.65. The van der Waals surface area contributed by atoms with Gasteiger partial charge >= 0.3 is 0 Å². The van der Waals surface area contributed by atoms with E-state index in [4.69, 9.17) is 0 Å². The Morgan fingerprint density at radius 3 is 2.43 bits per heavy atom. The maximum absolute atomic E-state index is 2.48. The van der Waals surface area contributed by atoms with Crippen molar-refractivity contribution in [1.82, 2.24) is 0 Å². The van der Waals surface area contributed by atoms with Gasteiger partial charge in [-0.25, -0.2) is 0 Å². The molecule has 0 radical (unpaired) electrons. The highest BCUT2D eigenvalue weighted by Gasteiger charge is 2.44. The summed E-state index contributed by atoms with van der Waals surface area (Å²) in [6.07, 6.45) is 12.5. The van der Waals surface area contributed by atoms with E-state index in [-0.39, 0.29) is 0 Å². The highest BCUT2D eigenvalue weighted by molar-refractivity contribution is 4.94. The summed E-state index contributed by atoms with van der Waals surface area (Å²) in [4.78, 5) is 0. The van der Waals surface area contributed by atoms with Gasteiger partial charge in [-0.3, -0.25) is 0 Å². The molecular weight excluding hydrogens is 168 g/mol. The molecule has 0 aromatic carbocycles. The van der Waals surface area contributed by atoms with Gasteiger partial charge in [-0.05, 0) is 61.7 Å². The van der Waals surface area contributed by atoms with Crippen molar-refractivity contribution in [2.45, 2.75) is 58.3 Å². The molecule has 0 amide bonds. The fourth-order valence-corrected chi connectivity index (χ4v) is 4.89. The molecule has 3 aliphatic carbocycles. The number of fused-ring (bicyclic) bond motifs is 3. The minimum atomic E-state index is 1.05. The average molecular weight is 192 g/mol. The van der Waals surface area contributed by atoms with Crippen molar-refractivity contribution in [1.29, 1.82) is 0 Å². The zero-order chi connectivity index (χ0) is 9.54.